The molecule has 1 aromatic heterocycles. The lowest BCUT2D eigenvalue weighted by molar-refractivity contribution is -0.136. The number of ether oxygens (including phenoxy) is 1. The van der Waals surface area contributed by atoms with Gasteiger partial charge in [-0.05, 0) is 13.8 Å². The van der Waals surface area contributed by atoms with Crippen LogP contribution in [-0.2, 0) is 27.3 Å². The van der Waals surface area contributed by atoms with Gasteiger partial charge in [0.15, 0.2) is 0 Å². The Hall–Kier alpha value is -1.89. The highest BCUT2D eigenvalue weighted by molar-refractivity contribution is 5.76. The van der Waals surface area contributed by atoms with Gasteiger partial charge in [0.25, 0.3) is 0 Å². The molecule has 0 atom stereocenters. The molecule has 2 N–H and O–H groups in total. The van der Waals surface area contributed by atoms with Crippen LogP contribution in [0.15, 0.2) is 0 Å². The van der Waals surface area contributed by atoms with Gasteiger partial charge in [0.05, 0.1) is 18.7 Å². The van der Waals surface area contributed by atoms with Gasteiger partial charge in [0, 0.05) is 24.9 Å². The van der Waals surface area contributed by atoms with Crippen LogP contribution in [0.25, 0.3) is 0 Å². The van der Waals surface area contributed by atoms with Crippen LogP contribution in [0.3, 0.4) is 0 Å². The predicted octanol–water partition coefficient (Wildman–Crippen LogP) is -0.110. The van der Waals surface area contributed by atoms with E-state index in [4.69, 9.17) is 9.84 Å². The smallest absolute Gasteiger partial charge is 0.307 e. The van der Waals surface area contributed by atoms with Crippen molar-refractivity contribution < 1.29 is 19.4 Å². The van der Waals surface area contributed by atoms with Crippen LogP contribution in [0.4, 0.5) is 0 Å². The van der Waals surface area contributed by atoms with Crippen molar-refractivity contribution in [3.05, 3.63) is 17.0 Å². The molecule has 19 heavy (non-hydrogen) atoms. The molecular formula is C12H19N3O4. The molecule has 1 heterocycles. The van der Waals surface area contributed by atoms with Crippen molar-refractivity contribution in [2.75, 3.05) is 20.3 Å². The third kappa shape index (κ3) is 4.36. The van der Waals surface area contributed by atoms with Crippen LogP contribution in [0.5, 0.6) is 0 Å². The van der Waals surface area contributed by atoms with E-state index >= 15 is 0 Å². The zero-order chi connectivity index (χ0) is 14.4. The monoisotopic (exact) mass is 269 g/mol. The van der Waals surface area contributed by atoms with E-state index in [1.807, 2.05) is 0 Å². The zero-order valence-electron chi connectivity index (χ0n) is 11.4. The molecule has 106 valence electrons. The normalized spacial score (nSPS) is 10.5. The minimum atomic E-state index is -0.907. The average Bonchev–Trinajstić information content (AvgIpc) is 2.57. The van der Waals surface area contributed by atoms with Gasteiger partial charge in [-0.1, -0.05) is 0 Å². The lowest BCUT2D eigenvalue weighted by Crippen LogP contribution is -2.31. The molecule has 0 aliphatic heterocycles. The summed E-state index contributed by atoms with van der Waals surface area (Å²) < 4.78 is 6.35. The van der Waals surface area contributed by atoms with Gasteiger partial charge < -0.3 is 15.2 Å². The Balaban J connectivity index is 2.69. The molecule has 0 saturated carbocycles. The second-order valence-corrected chi connectivity index (χ2v) is 4.22. The van der Waals surface area contributed by atoms with E-state index in [1.54, 1.807) is 21.0 Å². The molecule has 7 nitrogen and oxygen atoms in total. The first-order valence-electron chi connectivity index (χ1n) is 5.96. The highest BCUT2D eigenvalue weighted by Gasteiger charge is 2.15. The summed E-state index contributed by atoms with van der Waals surface area (Å²) in [6.07, 6.45) is -0.0804. The molecule has 0 aromatic carbocycles. The number of carbonyl (C=O) groups excluding carboxylic acids is 1. The van der Waals surface area contributed by atoms with Crippen molar-refractivity contribution in [1.29, 1.82) is 0 Å². The number of carboxylic acids is 1. The Morgan fingerprint density at radius 1 is 1.42 bits per heavy atom. The number of carbonyl (C=O) groups is 2. The number of carboxylic acid groups (broad SMARTS) is 1. The van der Waals surface area contributed by atoms with Crippen molar-refractivity contribution in [1.82, 2.24) is 15.1 Å². The maximum absolute atomic E-state index is 11.6. The van der Waals surface area contributed by atoms with Crippen molar-refractivity contribution >= 4 is 11.9 Å². The quantitative estimate of drug-likeness (QED) is 0.674. The molecule has 0 spiro atoms. The molecular weight excluding hydrogens is 250 g/mol. The second-order valence-electron chi connectivity index (χ2n) is 4.22. The highest BCUT2D eigenvalue weighted by Crippen LogP contribution is 2.13. The third-order valence-corrected chi connectivity index (χ3v) is 2.78. The van der Waals surface area contributed by atoms with Gasteiger partial charge in [-0.3, -0.25) is 14.3 Å². The van der Waals surface area contributed by atoms with Crippen LogP contribution in [-0.4, -0.2) is 47.0 Å². The summed E-state index contributed by atoms with van der Waals surface area (Å²) in [7, 11) is 1.56. The van der Waals surface area contributed by atoms with E-state index in [1.165, 1.54) is 4.68 Å². The lowest BCUT2D eigenvalue weighted by Gasteiger charge is -2.06. The van der Waals surface area contributed by atoms with Gasteiger partial charge in [-0.15, -0.1) is 0 Å². The zero-order valence-corrected chi connectivity index (χ0v) is 11.4. The van der Waals surface area contributed by atoms with E-state index in [2.05, 4.69) is 10.4 Å². The Kier molecular flexibility index (Phi) is 5.50. The van der Waals surface area contributed by atoms with Crippen LogP contribution in [0, 0.1) is 13.8 Å². The Labute approximate surface area is 111 Å². The number of hydrogen-bond donors (Lipinski definition) is 2. The minimum absolute atomic E-state index is 0.0794. The SMILES string of the molecule is COCCNC(=O)Cn1nc(C)c(CC(=O)O)c1C. The standard InChI is InChI=1S/C12H19N3O4/c1-8-10(6-12(17)18)9(2)15(14-8)7-11(16)13-4-5-19-3/h4-7H2,1-3H3,(H,13,16)(H,17,18). The summed E-state index contributed by atoms with van der Waals surface area (Å²) in [6.45, 7) is 4.48. The molecule has 0 aliphatic carbocycles. The summed E-state index contributed by atoms with van der Waals surface area (Å²) in [5.74, 6) is -1.08. The molecule has 0 unspecified atom stereocenters. The fraction of sp³-hybridized carbons (Fsp3) is 0.583. The van der Waals surface area contributed by atoms with Crippen LogP contribution < -0.4 is 5.32 Å². The average molecular weight is 269 g/mol. The Morgan fingerprint density at radius 2 is 2.11 bits per heavy atom. The van der Waals surface area contributed by atoms with E-state index in [0.717, 1.165) is 0 Å². The Morgan fingerprint density at radius 3 is 2.68 bits per heavy atom. The van der Waals surface area contributed by atoms with E-state index in [-0.39, 0.29) is 18.9 Å². The molecule has 0 radical (unpaired) electrons. The summed E-state index contributed by atoms with van der Waals surface area (Å²) in [5.41, 5.74) is 2.02. The summed E-state index contributed by atoms with van der Waals surface area (Å²) in [6, 6.07) is 0. The van der Waals surface area contributed by atoms with E-state index < -0.39 is 5.97 Å². The summed E-state index contributed by atoms with van der Waals surface area (Å²) in [5, 5.41) is 15.7. The van der Waals surface area contributed by atoms with Crippen LogP contribution in [0.1, 0.15) is 17.0 Å². The van der Waals surface area contributed by atoms with Gasteiger partial charge in [0.1, 0.15) is 6.54 Å². The van der Waals surface area contributed by atoms with Crippen molar-refractivity contribution in [2.24, 2.45) is 0 Å². The molecule has 0 bridgehead atoms. The highest BCUT2D eigenvalue weighted by atomic mass is 16.5. The van der Waals surface area contributed by atoms with Crippen molar-refractivity contribution in [3.8, 4) is 0 Å². The van der Waals surface area contributed by atoms with Gasteiger partial charge >= 0.3 is 5.97 Å². The van der Waals surface area contributed by atoms with Gasteiger partial charge in [0.2, 0.25) is 5.91 Å². The second kappa shape index (κ2) is 6.89. The molecule has 1 aromatic rings. The third-order valence-electron chi connectivity index (χ3n) is 2.78. The maximum atomic E-state index is 11.6. The molecule has 0 aliphatic rings. The van der Waals surface area contributed by atoms with E-state index in [9.17, 15) is 9.59 Å². The molecule has 7 heteroatoms. The van der Waals surface area contributed by atoms with Crippen molar-refractivity contribution in [3.63, 3.8) is 0 Å². The number of amides is 1. The topological polar surface area (TPSA) is 93.5 Å². The molecule has 1 rings (SSSR count). The number of rotatable bonds is 7. The molecule has 0 saturated heterocycles. The van der Waals surface area contributed by atoms with Crippen molar-refractivity contribution in [2.45, 2.75) is 26.8 Å². The molecule has 1 amide bonds. The van der Waals surface area contributed by atoms with E-state index in [0.29, 0.717) is 30.1 Å². The number of aromatic nitrogens is 2. The number of aliphatic carboxylic acids is 1. The van der Waals surface area contributed by atoms with Gasteiger partial charge in [-0.25, -0.2) is 0 Å². The lowest BCUT2D eigenvalue weighted by atomic mass is 10.1. The largest absolute Gasteiger partial charge is 0.481 e. The summed E-state index contributed by atoms with van der Waals surface area (Å²) in [4.78, 5) is 22.4. The number of hydrogen-bond acceptors (Lipinski definition) is 4. The predicted molar refractivity (Wildman–Crippen MR) is 67.9 cm³/mol. The molecule has 0 fully saturated rings. The fourth-order valence-electron chi connectivity index (χ4n) is 1.78. The first kappa shape index (κ1) is 15.2. The number of nitrogens with one attached hydrogen (secondary N) is 1. The Bertz CT molecular complexity index is 468. The maximum Gasteiger partial charge on any atom is 0.307 e. The fourth-order valence-corrected chi connectivity index (χ4v) is 1.78. The minimum Gasteiger partial charge on any atom is -0.481 e. The van der Waals surface area contributed by atoms with Crippen LogP contribution in [0.2, 0.25) is 0 Å². The summed E-state index contributed by atoms with van der Waals surface area (Å²) >= 11 is 0. The number of methoxy groups -OCH3 is 1. The first-order valence-corrected chi connectivity index (χ1v) is 5.96. The number of nitrogens with zero attached hydrogens (tertiary/aromatic N) is 2. The first-order chi connectivity index (χ1) is 8.95. The van der Waals surface area contributed by atoms with Crippen LogP contribution >= 0.6 is 0 Å². The number of aryl methyl sites for hydroxylation is 1. The van der Waals surface area contributed by atoms with Gasteiger partial charge in [-0.2, -0.15) is 5.10 Å².